The smallest absolute Gasteiger partial charge is 0.156 e. The topological polar surface area (TPSA) is 58.0 Å². The van der Waals surface area contributed by atoms with Gasteiger partial charge in [-0.1, -0.05) is 31.2 Å². The number of rotatable bonds is 5. The van der Waals surface area contributed by atoms with Crippen molar-refractivity contribution < 1.29 is 5.11 Å². The lowest BCUT2D eigenvalue weighted by Gasteiger charge is -2.16. The predicted molar refractivity (Wildman–Crippen MR) is 68.9 cm³/mol. The molecule has 2 N–H and O–H groups in total. The van der Waals surface area contributed by atoms with E-state index in [0.717, 1.165) is 29.4 Å². The van der Waals surface area contributed by atoms with Crippen molar-refractivity contribution in [3.05, 3.63) is 30.5 Å². The molecule has 1 aromatic carbocycles. The number of hydrogen-bond donors (Lipinski definition) is 2. The number of aliphatic hydroxyl groups is 1. The van der Waals surface area contributed by atoms with Crippen LogP contribution in [0, 0.1) is 0 Å². The Hall–Kier alpha value is -1.68. The van der Waals surface area contributed by atoms with Crippen molar-refractivity contribution in [2.45, 2.75) is 25.8 Å². The van der Waals surface area contributed by atoms with Crippen LogP contribution in [0.1, 0.15) is 19.8 Å². The number of anilines is 1. The van der Waals surface area contributed by atoms with Crippen LogP contribution in [-0.2, 0) is 0 Å². The van der Waals surface area contributed by atoms with E-state index in [1.165, 1.54) is 0 Å². The summed E-state index contributed by atoms with van der Waals surface area (Å²) in [4.78, 5) is 0. The van der Waals surface area contributed by atoms with Gasteiger partial charge >= 0.3 is 0 Å². The van der Waals surface area contributed by atoms with Gasteiger partial charge in [-0.25, -0.2) is 0 Å². The van der Waals surface area contributed by atoms with Gasteiger partial charge in [0.05, 0.1) is 6.20 Å². The lowest BCUT2D eigenvalue weighted by Crippen LogP contribution is -2.20. The molecule has 2 aromatic rings. The fourth-order valence-corrected chi connectivity index (χ4v) is 1.86. The second-order valence-electron chi connectivity index (χ2n) is 4.04. The Bertz CT molecular complexity index is 482. The summed E-state index contributed by atoms with van der Waals surface area (Å²) in [6.45, 7) is 2.27. The zero-order valence-electron chi connectivity index (χ0n) is 9.93. The molecule has 0 spiro atoms. The Kier molecular flexibility index (Phi) is 3.88. The average Bonchev–Trinajstić information content (AvgIpc) is 2.38. The van der Waals surface area contributed by atoms with Gasteiger partial charge in [0.25, 0.3) is 0 Å². The van der Waals surface area contributed by atoms with E-state index in [9.17, 15) is 0 Å². The highest BCUT2D eigenvalue weighted by atomic mass is 16.3. The third-order valence-corrected chi connectivity index (χ3v) is 2.88. The number of nitrogens with one attached hydrogen (secondary N) is 1. The molecular formula is C13H17N3O. The molecule has 0 aliphatic rings. The maximum Gasteiger partial charge on any atom is 0.156 e. The van der Waals surface area contributed by atoms with Gasteiger partial charge < -0.3 is 10.4 Å². The second kappa shape index (κ2) is 5.59. The van der Waals surface area contributed by atoms with Gasteiger partial charge in [-0.3, -0.25) is 0 Å². The molecule has 17 heavy (non-hydrogen) atoms. The molecule has 0 aliphatic carbocycles. The van der Waals surface area contributed by atoms with Crippen LogP contribution in [-0.4, -0.2) is 28.0 Å². The molecule has 0 bridgehead atoms. The summed E-state index contributed by atoms with van der Waals surface area (Å²) in [5, 5.41) is 22.6. The van der Waals surface area contributed by atoms with Gasteiger partial charge in [-0.05, 0) is 12.8 Å². The van der Waals surface area contributed by atoms with Crippen LogP contribution in [0.5, 0.6) is 0 Å². The number of aromatic nitrogens is 2. The highest BCUT2D eigenvalue weighted by molar-refractivity contribution is 5.90. The summed E-state index contributed by atoms with van der Waals surface area (Å²) in [5.74, 6) is 0.795. The number of benzene rings is 1. The lowest BCUT2D eigenvalue weighted by molar-refractivity contribution is 0.278. The van der Waals surface area contributed by atoms with E-state index in [1.807, 2.05) is 24.3 Å². The third-order valence-electron chi connectivity index (χ3n) is 2.88. The van der Waals surface area contributed by atoms with Crippen molar-refractivity contribution in [2.24, 2.45) is 0 Å². The van der Waals surface area contributed by atoms with Crippen LogP contribution < -0.4 is 5.32 Å². The average molecular weight is 231 g/mol. The molecule has 0 amide bonds. The van der Waals surface area contributed by atoms with E-state index in [2.05, 4.69) is 22.4 Å². The summed E-state index contributed by atoms with van der Waals surface area (Å²) in [7, 11) is 0. The van der Waals surface area contributed by atoms with Crippen molar-refractivity contribution in [2.75, 3.05) is 11.9 Å². The fourth-order valence-electron chi connectivity index (χ4n) is 1.86. The first-order valence-corrected chi connectivity index (χ1v) is 5.93. The van der Waals surface area contributed by atoms with Crippen molar-refractivity contribution >= 4 is 16.6 Å². The second-order valence-corrected chi connectivity index (χ2v) is 4.04. The van der Waals surface area contributed by atoms with Crippen LogP contribution in [0.2, 0.25) is 0 Å². The Balaban J connectivity index is 2.28. The molecule has 2 rings (SSSR count). The zero-order chi connectivity index (χ0) is 12.1. The van der Waals surface area contributed by atoms with E-state index >= 15 is 0 Å². The highest BCUT2D eigenvalue weighted by Crippen LogP contribution is 2.20. The molecule has 0 radical (unpaired) electrons. The molecule has 4 nitrogen and oxygen atoms in total. The SMILES string of the molecule is CCC(CCO)Nc1nncc2ccccc12. The van der Waals surface area contributed by atoms with Crippen molar-refractivity contribution in [1.29, 1.82) is 0 Å². The van der Waals surface area contributed by atoms with E-state index in [-0.39, 0.29) is 12.6 Å². The Labute approximate surface area is 101 Å². The minimum Gasteiger partial charge on any atom is -0.396 e. The van der Waals surface area contributed by atoms with Crippen LogP contribution in [0.15, 0.2) is 30.5 Å². The summed E-state index contributed by atoms with van der Waals surface area (Å²) >= 11 is 0. The van der Waals surface area contributed by atoms with Crippen LogP contribution in [0.25, 0.3) is 10.8 Å². The van der Waals surface area contributed by atoms with Gasteiger partial charge in [0.2, 0.25) is 0 Å². The van der Waals surface area contributed by atoms with E-state index < -0.39 is 0 Å². The van der Waals surface area contributed by atoms with E-state index in [1.54, 1.807) is 6.20 Å². The van der Waals surface area contributed by atoms with Gasteiger partial charge in [0.1, 0.15) is 0 Å². The van der Waals surface area contributed by atoms with Gasteiger partial charge in [-0.2, -0.15) is 5.10 Å². The molecule has 0 saturated carbocycles. The molecule has 4 heteroatoms. The van der Waals surface area contributed by atoms with Crippen LogP contribution in [0.4, 0.5) is 5.82 Å². The zero-order valence-corrected chi connectivity index (χ0v) is 9.93. The molecule has 1 atom stereocenters. The Morgan fingerprint density at radius 1 is 1.35 bits per heavy atom. The number of nitrogens with zero attached hydrogens (tertiary/aromatic N) is 2. The monoisotopic (exact) mass is 231 g/mol. The first kappa shape index (κ1) is 11.8. The molecule has 0 aliphatic heterocycles. The molecular weight excluding hydrogens is 214 g/mol. The Morgan fingerprint density at radius 2 is 2.18 bits per heavy atom. The maximum absolute atomic E-state index is 8.98. The largest absolute Gasteiger partial charge is 0.396 e. The normalized spacial score (nSPS) is 12.6. The maximum atomic E-state index is 8.98. The van der Waals surface area contributed by atoms with Crippen molar-refractivity contribution in [3.8, 4) is 0 Å². The minimum absolute atomic E-state index is 0.184. The lowest BCUT2D eigenvalue weighted by atomic mass is 10.1. The number of fused-ring (bicyclic) bond motifs is 1. The number of aliphatic hydroxyl groups excluding tert-OH is 1. The van der Waals surface area contributed by atoms with Crippen molar-refractivity contribution in [3.63, 3.8) is 0 Å². The van der Waals surface area contributed by atoms with E-state index in [0.29, 0.717) is 0 Å². The highest BCUT2D eigenvalue weighted by Gasteiger charge is 2.08. The van der Waals surface area contributed by atoms with Crippen molar-refractivity contribution in [1.82, 2.24) is 10.2 Å². The molecule has 1 heterocycles. The first-order chi connectivity index (χ1) is 8.35. The molecule has 0 saturated heterocycles. The minimum atomic E-state index is 0.184. The summed E-state index contributed by atoms with van der Waals surface area (Å²) < 4.78 is 0. The quantitative estimate of drug-likeness (QED) is 0.828. The predicted octanol–water partition coefficient (Wildman–Crippen LogP) is 2.20. The fraction of sp³-hybridized carbons (Fsp3) is 0.385. The molecule has 1 aromatic heterocycles. The summed E-state index contributed by atoms with van der Waals surface area (Å²) in [6, 6.07) is 8.25. The van der Waals surface area contributed by atoms with Gasteiger partial charge in [0, 0.05) is 23.4 Å². The first-order valence-electron chi connectivity index (χ1n) is 5.93. The van der Waals surface area contributed by atoms with E-state index in [4.69, 9.17) is 5.11 Å². The van der Waals surface area contributed by atoms with Gasteiger partial charge in [0.15, 0.2) is 5.82 Å². The number of hydrogen-bond acceptors (Lipinski definition) is 4. The van der Waals surface area contributed by atoms with Crippen LogP contribution in [0.3, 0.4) is 0 Å². The third kappa shape index (κ3) is 2.71. The summed E-state index contributed by atoms with van der Waals surface area (Å²) in [6.07, 6.45) is 3.43. The molecule has 1 unspecified atom stereocenters. The molecule has 0 fully saturated rings. The van der Waals surface area contributed by atoms with Crippen LogP contribution >= 0.6 is 0 Å². The Morgan fingerprint density at radius 3 is 2.94 bits per heavy atom. The summed E-state index contributed by atoms with van der Waals surface area (Å²) in [5.41, 5.74) is 0. The molecule has 90 valence electrons. The van der Waals surface area contributed by atoms with Gasteiger partial charge in [-0.15, -0.1) is 5.10 Å². The standard InChI is InChI=1S/C13H17N3O/c1-2-11(7-8-17)15-13-12-6-4-3-5-10(12)9-14-16-13/h3-6,9,11,17H,2,7-8H2,1H3,(H,15,16).